The van der Waals surface area contributed by atoms with E-state index in [0.29, 0.717) is 44.1 Å². The Labute approximate surface area is 165 Å². The first-order chi connectivity index (χ1) is 13.6. The number of hydrogen-bond donors (Lipinski definition) is 1. The Morgan fingerprint density at radius 2 is 2.21 bits per heavy atom. The van der Waals surface area contributed by atoms with Crippen molar-refractivity contribution >= 4 is 5.91 Å². The lowest BCUT2D eigenvalue weighted by atomic mass is 10.1. The number of nitriles is 1. The third-order valence-electron chi connectivity index (χ3n) is 5.02. The number of nitrogens with one attached hydrogen (secondary N) is 1. The van der Waals surface area contributed by atoms with Gasteiger partial charge in [0.2, 0.25) is 11.8 Å². The molecular weight excluding hydrogens is 354 g/mol. The number of aryl methyl sites for hydroxylation is 2. The van der Waals surface area contributed by atoms with E-state index in [0.717, 1.165) is 29.1 Å². The van der Waals surface area contributed by atoms with E-state index in [2.05, 4.69) is 21.5 Å². The van der Waals surface area contributed by atoms with Gasteiger partial charge in [0.05, 0.1) is 31.3 Å². The molecule has 148 valence electrons. The molecule has 2 aromatic rings. The lowest BCUT2D eigenvalue weighted by molar-refractivity contribution is -0.121. The summed E-state index contributed by atoms with van der Waals surface area (Å²) in [5.74, 6) is 1.34. The second-order valence-corrected chi connectivity index (χ2v) is 7.32. The van der Waals surface area contributed by atoms with Gasteiger partial charge < -0.3 is 10.1 Å². The highest BCUT2D eigenvalue weighted by Crippen LogP contribution is 2.29. The standard InChI is InChI=1S/C21H27N5O2/c1-15-19(16(2)26(25-15)11-3-10-22)7-8-20(27)23-12-18-6-9-21(24-13-18)28-14-17-4-5-17/h6,9,13,17H,3-5,7-8,11-12,14H2,1-2H3,(H,23,27). The molecule has 0 unspecified atom stereocenters. The van der Waals surface area contributed by atoms with Crippen LogP contribution in [0.5, 0.6) is 5.88 Å². The Morgan fingerprint density at radius 3 is 2.89 bits per heavy atom. The molecule has 7 heteroatoms. The Morgan fingerprint density at radius 1 is 1.39 bits per heavy atom. The molecule has 2 aromatic heterocycles. The van der Waals surface area contributed by atoms with Crippen LogP contribution in [0.2, 0.25) is 0 Å². The first-order valence-electron chi connectivity index (χ1n) is 9.81. The van der Waals surface area contributed by atoms with E-state index >= 15 is 0 Å². The van der Waals surface area contributed by atoms with Gasteiger partial charge in [-0.25, -0.2) is 4.98 Å². The van der Waals surface area contributed by atoms with Crippen molar-refractivity contribution in [3.05, 3.63) is 40.8 Å². The summed E-state index contributed by atoms with van der Waals surface area (Å²) in [6, 6.07) is 5.92. The van der Waals surface area contributed by atoms with Crippen LogP contribution in [-0.2, 0) is 24.3 Å². The fraction of sp³-hybridized carbons (Fsp3) is 0.524. The highest BCUT2D eigenvalue weighted by molar-refractivity contribution is 5.76. The smallest absolute Gasteiger partial charge is 0.220 e. The van der Waals surface area contributed by atoms with Crippen LogP contribution in [0, 0.1) is 31.1 Å². The largest absolute Gasteiger partial charge is 0.477 e. The van der Waals surface area contributed by atoms with Gasteiger partial charge in [-0.1, -0.05) is 6.07 Å². The van der Waals surface area contributed by atoms with Crippen LogP contribution in [-0.4, -0.2) is 27.3 Å². The summed E-state index contributed by atoms with van der Waals surface area (Å²) in [7, 11) is 0. The summed E-state index contributed by atoms with van der Waals surface area (Å²) in [5, 5.41) is 16.1. The first kappa shape index (κ1) is 19.9. The summed E-state index contributed by atoms with van der Waals surface area (Å²) in [6.07, 6.45) is 5.73. The van der Waals surface area contributed by atoms with Crippen molar-refractivity contribution < 1.29 is 9.53 Å². The summed E-state index contributed by atoms with van der Waals surface area (Å²) in [6.45, 7) is 5.72. The summed E-state index contributed by atoms with van der Waals surface area (Å²) in [4.78, 5) is 16.5. The molecule has 0 bridgehead atoms. The monoisotopic (exact) mass is 381 g/mol. The van der Waals surface area contributed by atoms with Gasteiger partial charge in [-0.2, -0.15) is 10.4 Å². The number of carbonyl (C=O) groups is 1. The number of carbonyl (C=O) groups excluding carboxylic acids is 1. The van der Waals surface area contributed by atoms with Crippen molar-refractivity contribution in [3.8, 4) is 11.9 Å². The van der Waals surface area contributed by atoms with Crippen LogP contribution in [0.4, 0.5) is 0 Å². The van der Waals surface area contributed by atoms with Crippen molar-refractivity contribution in [1.29, 1.82) is 5.26 Å². The van der Waals surface area contributed by atoms with Crippen LogP contribution >= 0.6 is 0 Å². The zero-order chi connectivity index (χ0) is 19.9. The van der Waals surface area contributed by atoms with Crippen LogP contribution in [0.1, 0.15) is 48.2 Å². The maximum atomic E-state index is 12.2. The van der Waals surface area contributed by atoms with Crippen LogP contribution in [0.3, 0.4) is 0 Å². The molecule has 0 aliphatic heterocycles. The summed E-state index contributed by atoms with van der Waals surface area (Å²) < 4.78 is 7.47. The quantitative estimate of drug-likeness (QED) is 0.683. The van der Waals surface area contributed by atoms with Crippen molar-refractivity contribution in [2.75, 3.05) is 6.61 Å². The second kappa shape index (κ2) is 9.36. The van der Waals surface area contributed by atoms with Crippen molar-refractivity contribution in [3.63, 3.8) is 0 Å². The maximum absolute atomic E-state index is 12.2. The van der Waals surface area contributed by atoms with Gasteiger partial charge in [0.1, 0.15) is 0 Å². The van der Waals surface area contributed by atoms with Gasteiger partial charge in [0, 0.05) is 30.9 Å². The Kier molecular flexibility index (Phi) is 6.64. The molecule has 2 heterocycles. The van der Waals surface area contributed by atoms with Crippen LogP contribution < -0.4 is 10.1 Å². The molecule has 0 saturated heterocycles. The van der Waals surface area contributed by atoms with E-state index in [1.807, 2.05) is 30.7 Å². The second-order valence-electron chi connectivity index (χ2n) is 7.32. The Hall–Kier alpha value is -2.88. The zero-order valence-corrected chi connectivity index (χ0v) is 16.6. The molecule has 1 saturated carbocycles. The number of rotatable bonds is 10. The predicted molar refractivity (Wildman–Crippen MR) is 105 cm³/mol. The zero-order valence-electron chi connectivity index (χ0n) is 16.6. The molecular formula is C21H27N5O2. The number of aromatic nitrogens is 3. The minimum absolute atomic E-state index is 0.00219. The van der Waals surface area contributed by atoms with Gasteiger partial charge in [0.15, 0.2) is 0 Å². The van der Waals surface area contributed by atoms with Gasteiger partial charge in [0.25, 0.3) is 0 Å². The number of pyridine rings is 1. The van der Waals surface area contributed by atoms with Crippen LogP contribution in [0.15, 0.2) is 18.3 Å². The highest BCUT2D eigenvalue weighted by atomic mass is 16.5. The number of nitrogens with zero attached hydrogens (tertiary/aromatic N) is 4. The lowest BCUT2D eigenvalue weighted by Crippen LogP contribution is -2.23. The SMILES string of the molecule is Cc1nn(CCC#N)c(C)c1CCC(=O)NCc1ccc(OCC2CC2)nc1. The minimum atomic E-state index is -0.00219. The molecule has 1 N–H and O–H groups in total. The van der Waals surface area contributed by atoms with Crippen LogP contribution in [0.25, 0.3) is 0 Å². The average molecular weight is 381 g/mol. The van der Waals surface area contributed by atoms with Crippen molar-refractivity contribution in [2.45, 2.75) is 59.0 Å². The van der Waals surface area contributed by atoms with Crippen molar-refractivity contribution in [1.82, 2.24) is 20.1 Å². The normalized spacial score (nSPS) is 13.2. The van der Waals surface area contributed by atoms with Crippen molar-refractivity contribution in [2.24, 2.45) is 5.92 Å². The molecule has 1 aliphatic carbocycles. The fourth-order valence-corrected chi connectivity index (χ4v) is 3.09. The molecule has 3 rings (SSSR count). The minimum Gasteiger partial charge on any atom is -0.477 e. The van der Waals surface area contributed by atoms with Gasteiger partial charge >= 0.3 is 0 Å². The molecule has 0 spiro atoms. The van der Waals surface area contributed by atoms with E-state index in [9.17, 15) is 4.79 Å². The molecule has 0 radical (unpaired) electrons. The fourth-order valence-electron chi connectivity index (χ4n) is 3.09. The number of ether oxygens (including phenoxy) is 1. The lowest BCUT2D eigenvalue weighted by Gasteiger charge is -2.08. The Bertz CT molecular complexity index is 847. The molecule has 1 aliphatic rings. The topological polar surface area (TPSA) is 92.8 Å². The van der Waals surface area contributed by atoms with E-state index in [-0.39, 0.29) is 5.91 Å². The van der Waals surface area contributed by atoms with E-state index in [4.69, 9.17) is 10.00 Å². The van der Waals surface area contributed by atoms with E-state index < -0.39 is 0 Å². The van der Waals surface area contributed by atoms with Gasteiger partial charge in [-0.3, -0.25) is 9.48 Å². The third-order valence-corrected chi connectivity index (χ3v) is 5.02. The molecule has 28 heavy (non-hydrogen) atoms. The average Bonchev–Trinajstić information content (AvgIpc) is 3.48. The Balaban J connectivity index is 1.43. The maximum Gasteiger partial charge on any atom is 0.220 e. The molecule has 0 atom stereocenters. The number of hydrogen-bond acceptors (Lipinski definition) is 5. The van der Waals surface area contributed by atoms with Gasteiger partial charge in [-0.15, -0.1) is 0 Å². The van der Waals surface area contributed by atoms with E-state index in [1.54, 1.807) is 6.20 Å². The third kappa shape index (κ3) is 5.56. The first-order valence-corrected chi connectivity index (χ1v) is 9.81. The van der Waals surface area contributed by atoms with E-state index in [1.165, 1.54) is 12.8 Å². The molecule has 7 nitrogen and oxygen atoms in total. The highest BCUT2D eigenvalue weighted by Gasteiger charge is 2.22. The molecule has 1 amide bonds. The van der Waals surface area contributed by atoms with Gasteiger partial charge in [-0.05, 0) is 50.2 Å². The molecule has 1 fully saturated rings. The summed E-state index contributed by atoms with van der Waals surface area (Å²) >= 11 is 0. The predicted octanol–water partition coefficient (Wildman–Crippen LogP) is 2.85. The summed E-state index contributed by atoms with van der Waals surface area (Å²) in [5.41, 5.74) is 4.00. The molecule has 0 aromatic carbocycles. The number of amides is 1.